The van der Waals surface area contributed by atoms with Crippen LogP contribution in [0.2, 0.25) is 0 Å². The smallest absolute Gasteiger partial charge is 0.407 e. The van der Waals surface area contributed by atoms with E-state index in [4.69, 9.17) is 14.2 Å². The summed E-state index contributed by atoms with van der Waals surface area (Å²) in [6.45, 7) is 0.433. The number of methoxy groups -OCH3 is 2. The van der Waals surface area contributed by atoms with Crippen molar-refractivity contribution in [2.24, 2.45) is 0 Å². The van der Waals surface area contributed by atoms with Crippen molar-refractivity contribution in [3.8, 4) is 11.5 Å². The summed E-state index contributed by atoms with van der Waals surface area (Å²) in [7, 11) is 2.99. The zero-order chi connectivity index (χ0) is 17.8. The maximum Gasteiger partial charge on any atom is 0.407 e. The van der Waals surface area contributed by atoms with Gasteiger partial charge in [0.2, 0.25) is 0 Å². The molecule has 7 nitrogen and oxygen atoms in total. The van der Waals surface area contributed by atoms with Gasteiger partial charge in [0.15, 0.2) is 0 Å². The normalized spacial score (nSPS) is 15.9. The molecule has 1 atom stereocenters. The van der Waals surface area contributed by atoms with Gasteiger partial charge in [0.1, 0.15) is 23.2 Å². The summed E-state index contributed by atoms with van der Waals surface area (Å²) in [6, 6.07) is 12.3. The van der Waals surface area contributed by atoms with Crippen molar-refractivity contribution >= 4 is 17.7 Å². The summed E-state index contributed by atoms with van der Waals surface area (Å²) in [5, 5.41) is 5.41. The highest BCUT2D eigenvalue weighted by atomic mass is 16.6. The lowest BCUT2D eigenvalue weighted by Crippen LogP contribution is -2.14. The second-order valence-electron chi connectivity index (χ2n) is 5.39. The van der Waals surface area contributed by atoms with E-state index in [0.29, 0.717) is 29.3 Å². The van der Waals surface area contributed by atoms with Crippen molar-refractivity contribution in [1.82, 2.24) is 5.32 Å². The maximum absolute atomic E-state index is 12.6. The van der Waals surface area contributed by atoms with E-state index < -0.39 is 6.09 Å². The lowest BCUT2D eigenvalue weighted by Gasteiger charge is -2.13. The van der Waals surface area contributed by atoms with Gasteiger partial charge in [-0.15, -0.1) is 0 Å². The highest BCUT2D eigenvalue weighted by Crippen LogP contribution is 2.29. The van der Waals surface area contributed by atoms with Gasteiger partial charge in [-0.25, -0.2) is 4.79 Å². The van der Waals surface area contributed by atoms with Crippen LogP contribution in [0.3, 0.4) is 0 Å². The van der Waals surface area contributed by atoms with Crippen LogP contribution in [0.4, 0.5) is 10.5 Å². The molecule has 1 aliphatic heterocycles. The van der Waals surface area contributed by atoms with Crippen molar-refractivity contribution in [1.29, 1.82) is 0 Å². The second kappa shape index (κ2) is 7.12. The van der Waals surface area contributed by atoms with E-state index in [2.05, 4.69) is 10.6 Å². The number of anilines is 1. The third kappa shape index (κ3) is 3.50. The first kappa shape index (κ1) is 16.6. The molecule has 0 spiro atoms. The molecule has 7 heteroatoms. The number of nitrogens with one attached hydrogen (secondary N) is 2. The molecule has 1 heterocycles. The molecule has 1 unspecified atom stereocenters. The van der Waals surface area contributed by atoms with Crippen LogP contribution in [0.1, 0.15) is 22.0 Å². The van der Waals surface area contributed by atoms with Crippen LogP contribution in [-0.4, -0.2) is 32.8 Å². The molecule has 2 amide bonds. The van der Waals surface area contributed by atoms with E-state index in [1.54, 1.807) is 42.5 Å². The molecule has 0 saturated carbocycles. The fraction of sp³-hybridized carbons (Fsp3) is 0.222. The van der Waals surface area contributed by atoms with Crippen LogP contribution in [-0.2, 0) is 4.74 Å². The predicted octanol–water partition coefficient (Wildman–Crippen LogP) is 2.74. The molecule has 130 valence electrons. The first-order valence-electron chi connectivity index (χ1n) is 7.69. The Hall–Kier alpha value is -3.22. The van der Waals surface area contributed by atoms with Crippen LogP contribution in [0, 0.1) is 0 Å². The standard InChI is InChI=1S/C18H18N2O5/c1-23-13-4-3-5-14(24-2)16(13)17(21)20-12-8-6-11(7-9-12)15-10-19-18(22)25-15/h3-9,15H,10H2,1-2H3,(H,19,22)(H,20,21). The summed E-state index contributed by atoms with van der Waals surface area (Å²) in [4.78, 5) is 23.7. The summed E-state index contributed by atoms with van der Waals surface area (Å²) >= 11 is 0. The molecule has 2 N–H and O–H groups in total. The van der Waals surface area contributed by atoms with E-state index in [1.807, 2.05) is 0 Å². The van der Waals surface area contributed by atoms with Gasteiger partial charge in [-0.2, -0.15) is 0 Å². The quantitative estimate of drug-likeness (QED) is 0.873. The number of carbonyl (C=O) groups excluding carboxylic acids is 2. The van der Waals surface area contributed by atoms with Crippen molar-refractivity contribution in [3.63, 3.8) is 0 Å². The minimum Gasteiger partial charge on any atom is -0.496 e. The molecule has 0 aromatic heterocycles. The van der Waals surface area contributed by atoms with Gasteiger partial charge < -0.3 is 24.8 Å². The number of ether oxygens (including phenoxy) is 3. The topological polar surface area (TPSA) is 85.9 Å². The Bertz CT molecular complexity index is 766. The molecular formula is C18H18N2O5. The number of rotatable bonds is 5. The lowest BCUT2D eigenvalue weighted by molar-refractivity contribution is 0.102. The third-order valence-electron chi connectivity index (χ3n) is 3.88. The molecule has 0 radical (unpaired) electrons. The average molecular weight is 342 g/mol. The van der Waals surface area contributed by atoms with E-state index in [9.17, 15) is 9.59 Å². The van der Waals surface area contributed by atoms with Crippen molar-refractivity contribution < 1.29 is 23.8 Å². The molecule has 1 aliphatic rings. The summed E-state index contributed by atoms with van der Waals surface area (Å²) < 4.78 is 15.6. The van der Waals surface area contributed by atoms with Crippen LogP contribution in [0.15, 0.2) is 42.5 Å². The SMILES string of the molecule is COc1cccc(OC)c1C(=O)Nc1ccc(C2CNC(=O)O2)cc1. The molecule has 2 aromatic carbocycles. The van der Waals surface area contributed by atoms with E-state index in [1.165, 1.54) is 14.2 Å². The van der Waals surface area contributed by atoms with Crippen LogP contribution in [0.5, 0.6) is 11.5 Å². The molecular weight excluding hydrogens is 324 g/mol. The van der Waals surface area contributed by atoms with Gasteiger partial charge in [0.25, 0.3) is 5.91 Å². The largest absolute Gasteiger partial charge is 0.496 e. The number of hydrogen-bond donors (Lipinski definition) is 2. The van der Waals surface area contributed by atoms with Crippen molar-refractivity contribution in [2.75, 3.05) is 26.1 Å². The highest BCUT2D eigenvalue weighted by Gasteiger charge is 2.24. The van der Waals surface area contributed by atoms with E-state index in [0.717, 1.165) is 5.56 Å². The summed E-state index contributed by atoms with van der Waals surface area (Å²) in [5.74, 6) is 0.519. The number of carbonyl (C=O) groups is 2. The molecule has 1 saturated heterocycles. The fourth-order valence-corrected chi connectivity index (χ4v) is 2.62. The van der Waals surface area contributed by atoms with Crippen LogP contribution in [0.25, 0.3) is 0 Å². The first-order chi connectivity index (χ1) is 12.1. The Labute approximate surface area is 144 Å². The Kier molecular flexibility index (Phi) is 4.74. The zero-order valence-corrected chi connectivity index (χ0v) is 13.9. The zero-order valence-electron chi connectivity index (χ0n) is 13.9. The monoisotopic (exact) mass is 342 g/mol. The minimum atomic E-state index is -0.425. The van der Waals surface area contributed by atoms with Gasteiger partial charge in [0.05, 0.1) is 20.8 Å². The third-order valence-corrected chi connectivity index (χ3v) is 3.88. The summed E-state index contributed by atoms with van der Waals surface area (Å²) in [6.07, 6.45) is -0.739. The molecule has 2 aromatic rings. The molecule has 3 rings (SSSR count). The fourth-order valence-electron chi connectivity index (χ4n) is 2.62. The van der Waals surface area contributed by atoms with Gasteiger partial charge in [0, 0.05) is 5.69 Å². The highest BCUT2D eigenvalue weighted by molar-refractivity contribution is 6.08. The molecule has 0 aliphatic carbocycles. The lowest BCUT2D eigenvalue weighted by atomic mass is 10.1. The van der Waals surface area contributed by atoms with Gasteiger partial charge >= 0.3 is 6.09 Å². The number of hydrogen-bond acceptors (Lipinski definition) is 5. The number of cyclic esters (lactones) is 1. The van der Waals surface area contributed by atoms with Gasteiger partial charge in [-0.1, -0.05) is 18.2 Å². The predicted molar refractivity (Wildman–Crippen MR) is 91.2 cm³/mol. The Morgan fingerprint density at radius 1 is 1.12 bits per heavy atom. The van der Waals surface area contributed by atoms with Crippen LogP contribution >= 0.6 is 0 Å². The average Bonchev–Trinajstić information content (AvgIpc) is 3.07. The van der Waals surface area contributed by atoms with Crippen molar-refractivity contribution in [3.05, 3.63) is 53.6 Å². The molecule has 1 fully saturated rings. The van der Waals surface area contributed by atoms with Gasteiger partial charge in [-0.05, 0) is 29.8 Å². The number of alkyl carbamates (subject to hydrolysis) is 1. The first-order valence-corrected chi connectivity index (χ1v) is 7.69. The molecule has 25 heavy (non-hydrogen) atoms. The summed E-state index contributed by atoms with van der Waals surface area (Å²) in [5.41, 5.74) is 1.79. The number of amides is 2. The van der Waals surface area contributed by atoms with Crippen molar-refractivity contribution in [2.45, 2.75) is 6.10 Å². The Morgan fingerprint density at radius 2 is 1.76 bits per heavy atom. The van der Waals surface area contributed by atoms with Crippen LogP contribution < -0.4 is 20.1 Å². The second-order valence-corrected chi connectivity index (χ2v) is 5.39. The Morgan fingerprint density at radius 3 is 2.28 bits per heavy atom. The maximum atomic E-state index is 12.6. The van der Waals surface area contributed by atoms with E-state index in [-0.39, 0.29) is 12.0 Å². The van der Waals surface area contributed by atoms with Gasteiger partial charge in [-0.3, -0.25) is 4.79 Å². The molecule has 0 bridgehead atoms. The van der Waals surface area contributed by atoms with E-state index >= 15 is 0 Å². The number of benzene rings is 2. The minimum absolute atomic E-state index is 0.313. The Balaban J connectivity index is 1.76.